The Bertz CT molecular complexity index is 335. The quantitative estimate of drug-likeness (QED) is 0.709. The van der Waals surface area contributed by atoms with E-state index in [1.807, 2.05) is 6.07 Å². The van der Waals surface area contributed by atoms with Crippen molar-refractivity contribution >= 4 is 5.97 Å². The fourth-order valence-corrected chi connectivity index (χ4v) is 0.945. The number of carboxylic acids is 1. The van der Waals surface area contributed by atoms with Crippen LogP contribution < -0.4 is 0 Å². The van der Waals surface area contributed by atoms with Crippen LogP contribution in [0, 0.1) is 11.3 Å². The SMILES string of the molecule is C[C@H](C(=O)O)n1cccc1C#N. The second-order valence-electron chi connectivity index (χ2n) is 2.43. The molecule has 0 spiro atoms. The number of aliphatic carboxylic acids is 1. The molecule has 1 aromatic heterocycles. The predicted molar refractivity (Wildman–Crippen MR) is 41.5 cm³/mol. The molecule has 0 radical (unpaired) electrons. The van der Waals surface area contributed by atoms with Gasteiger partial charge in [0.05, 0.1) is 0 Å². The third-order valence-electron chi connectivity index (χ3n) is 1.67. The second-order valence-corrected chi connectivity index (χ2v) is 2.43. The first-order valence-corrected chi connectivity index (χ1v) is 3.46. The largest absolute Gasteiger partial charge is 0.480 e. The average Bonchev–Trinajstić information content (AvgIpc) is 2.49. The lowest BCUT2D eigenvalue weighted by molar-refractivity contribution is -0.140. The van der Waals surface area contributed by atoms with Crippen LogP contribution in [0.2, 0.25) is 0 Å². The van der Waals surface area contributed by atoms with Crippen molar-refractivity contribution in [3.8, 4) is 6.07 Å². The van der Waals surface area contributed by atoms with E-state index in [0.29, 0.717) is 5.69 Å². The molecule has 0 fully saturated rings. The van der Waals surface area contributed by atoms with Gasteiger partial charge in [0, 0.05) is 6.20 Å². The van der Waals surface area contributed by atoms with Gasteiger partial charge in [-0.1, -0.05) is 0 Å². The van der Waals surface area contributed by atoms with Gasteiger partial charge in [-0.2, -0.15) is 5.26 Å². The average molecular weight is 164 g/mol. The topological polar surface area (TPSA) is 66.0 Å². The molecule has 4 nitrogen and oxygen atoms in total. The molecule has 1 heterocycles. The minimum atomic E-state index is -0.942. The normalized spacial score (nSPS) is 12.0. The molecule has 0 aliphatic heterocycles. The molecule has 4 heteroatoms. The van der Waals surface area contributed by atoms with Crippen LogP contribution in [0.15, 0.2) is 18.3 Å². The highest BCUT2D eigenvalue weighted by Crippen LogP contribution is 2.10. The summed E-state index contributed by atoms with van der Waals surface area (Å²) in [6.45, 7) is 1.53. The Morgan fingerprint density at radius 1 is 1.83 bits per heavy atom. The van der Waals surface area contributed by atoms with Gasteiger partial charge in [0.25, 0.3) is 0 Å². The van der Waals surface area contributed by atoms with E-state index in [2.05, 4.69) is 0 Å². The summed E-state index contributed by atoms with van der Waals surface area (Å²) in [6.07, 6.45) is 1.58. The van der Waals surface area contributed by atoms with E-state index in [0.717, 1.165) is 0 Å². The molecule has 0 unspecified atom stereocenters. The molecule has 0 aliphatic rings. The monoisotopic (exact) mass is 164 g/mol. The summed E-state index contributed by atoms with van der Waals surface area (Å²) in [6, 6.07) is 4.46. The first-order valence-electron chi connectivity index (χ1n) is 3.46. The van der Waals surface area contributed by atoms with Gasteiger partial charge < -0.3 is 9.67 Å². The van der Waals surface area contributed by atoms with Gasteiger partial charge in [-0.15, -0.1) is 0 Å². The minimum Gasteiger partial charge on any atom is -0.480 e. The molecular weight excluding hydrogens is 156 g/mol. The lowest BCUT2D eigenvalue weighted by atomic mass is 10.3. The molecular formula is C8H8N2O2. The van der Waals surface area contributed by atoms with Crippen molar-refractivity contribution in [3.05, 3.63) is 24.0 Å². The number of nitriles is 1. The van der Waals surface area contributed by atoms with Gasteiger partial charge in [0.15, 0.2) is 0 Å². The summed E-state index contributed by atoms with van der Waals surface area (Å²) in [4.78, 5) is 10.5. The van der Waals surface area contributed by atoms with E-state index in [9.17, 15) is 4.79 Å². The Morgan fingerprint density at radius 2 is 2.50 bits per heavy atom. The van der Waals surface area contributed by atoms with Crippen molar-refractivity contribution in [2.45, 2.75) is 13.0 Å². The Hall–Kier alpha value is -1.76. The second kappa shape index (κ2) is 3.09. The van der Waals surface area contributed by atoms with Crippen LogP contribution >= 0.6 is 0 Å². The van der Waals surface area contributed by atoms with Crippen molar-refractivity contribution in [2.24, 2.45) is 0 Å². The Kier molecular flexibility index (Phi) is 2.15. The van der Waals surface area contributed by atoms with E-state index in [4.69, 9.17) is 10.4 Å². The predicted octanol–water partition coefficient (Wildman–Crippen LogP) is 1.01. The van der Waals surface area contributed by atoms with E-state index in [-0.39, 0.29) is 0 Å². The first kappa shape index (κ1) is 8.34. The van der Waals surface area contributed by atoms with E-state index in [1.54, 1.807) is 18.3 Å². The minimum absolute atomic E-state index is 0.366. The molecule has 0 saturated carbocycles. The number of hydrogen-bond donors (Lipinski definition) is 1. The van der Waals surface area contributed by atoms with E-state index in [1.165, 1.54) is 11.5 Å². The zero-order valence-corrected chi connectivity index (χ0v) is 6.56. The standard InChI is InChI=1S/C8H8N2O2/c1-6(8(11)12)10-4-2-3-7(10)5-9/h2-4,6H,1H3,(H,11,12)/t6-/m1/s1. The molecule has 12 heavy (non-hydrogen) atoms. The van der Waals surface area contributed by atoms with Crippen molar-refractivity contribution in [3.63, 3.8) is 0 Å². The van der Waals surface area contributed by atoms with E-state index < -0.39 is 12.0 Å². The Labute approximate surface area is 69.7 Å². The molecule has 0 aromatic carbocycles. The first-order chi connectivity index (χ1) is 5.66. The van der Waals surface area contributed by atoms with Gasteiger partial charge in [-0.25, -0.2) is 4.79 Å². The van der Waals surface area contributed by atoms with Crippen LogP contribution in [-0.4, -0.2) is 15.6 Å². The highest BCUT2D eigenvalue weighted by atomic mass is 16.4. The highest BCUT2D eigenvalue weighted by molar-refractivity contribution is 5.71. The van der Waals surface area contributed by atoms with Gasteiger partial charge in [0.1, 0.15) is 17.8 Å². The molecule has 62 valence electrons. The summed E-state index contributed by atoms with van der Waals surface area (Å²) in [5, 5.41) is 17.2. The zero-order chi connectivity index (χ0) is 9.14. The zero-order valence-electron chi connectivity index (χ0n) is 6.56. The van der Waals surface area contributed by atoms with Gasteiger partial charge in [-0.3, -0.25) is 0 Å². The molecule has 0 aliphatic carbocycles. The van der Waals surface area contributed by atoms with Crippen LogP contribution in [0.4, 0.5) is 0 Å². The van der Waals surface area contributed by atoms with Crippen molar-refractivity contribution in [1.29, 1.82) is 5.26 Å². The number of rotatable bonds is 2. The summed E-state index contributed by atoms with van der Waals surface area (Å²) in [5.41, 5.74) is 0.366. The van der Waals surface area contributed by atoms with Crippen molar-refractivity contribution in [1.82, 2.24) is 4.57 Å². The van der Waals surface area contributed by atoms with Crippen LogP contribution in [-0.2, 0) is 4.79 Å². The molecule has 1 atom stereocenters. The van der Waals surface area contributed by atoms with Crippen molar-refractivity contribution < 1.29 is 9.90 Å². The Morgan fingerprint density at radius 3 is 3.00 bits per heavy atom. The molecule has 0 saturated heterocycles. The smallest absolute Gasteiger partial charge is 0.326 e. The van der Waals surface area contributed by atoms with Crippen LogP contribution in [0.25, 0.3) is 0 Å². The third kappa shape index (κ3) is 1.30. The molecule has 1 aromatic rings. The molecule has 1 N–H and O–H groups in total. The summed E-state index contributed by atoms with van der Waals surface area (Å²) in [5.74, 6) is -0.942. The number of carboxylic acid groups (broad SMARTS) is 1. The number of aromatic nitrogens is 1. The summed E-state index contributed by atoms with van der Waals surface area (Å²) < 4.78 is 1.42. The fraction of sp³-hybridized carbons (Fsp3) is 0.250. The molecule has 1 rings (SSSR count). The summed E-state index contributed by atoms with van der Waals surface area (Å²) in [7, 11) is 0. The van der Waals surface area contributed by atoms with Gasteiger partial charge in [0.2, 0.25) is 0 Å². The highest BCUT2D eigenvalue weighted by Gasteiger charge is 2.14. The maximum atomic E-state index is 10.5. The Balaban J connectivity index is 3.03. The number of hydrogen-bond acceptors (Lipinski definition) is 2. The third-order valence-corrected chi connectivity index (χ3v) is 1.67. The molecule has 0 amide bonds. The number of nitrogens with zero attached hydrogens (tertiary/aromatic N) is 2. The van der Waals surface area contributed by atoms with Crippen molar-refractivity contribution in [2.75, 3.05) is 0 Å². The van der Waals surface area contributed by atoms with Crippen LogP contribution in [0.3, 0.4) is 0 Å². The maximum absolute atomic E-state index is 10.5. The van der Waals surface area contributed by atoms with Gasteiger partial charge in [-0.05, 0) is 19.1 Å². The maximum Gasteiger partial charge on any atom is 0.326 e. The van der Waals surface area contributed by atoms with Crippen LogP contribution in [0.1, 0.15) is 18.7 Å². The van der Waals surface area contributed by atoms with Crippen LogP contribution in [0.5, 0.6) is 0 Å². The van der Waals surface area contributed by atoms with Gasteiger partial charge >= 0.3 is 5.97 Å². The molecule has 0 bridgehead atoms. The lowest BCUT2D eigenvalue weighted by Gasteiger charge is -2.08. The van der Waals surface area contributed by atoms with E-state index >= 15 is 0 Å². The summed E-state index contributed by atoms with van der Waals surface area (Å²) >= 11 is 0. The number of carbonyl (C=O) groups is 1. The lowest BCUT2D eigenvalue weighted by Crippen LogP contribution is -2.15. The fourth-order valence-electron chi connectivity index (χ4n) is 0.945.